The topological polar surface area (TPSA) is 86.8 Å². The highest BCUT2D eigenvalue weighted by atomic mass is 32.2. The zero-order valence-electron chi connectivity index (χ0n) is 20.1. The standard InChI is InChI=1S/C26H33N3O4S/c1-4-20-11-13-22(14-12-20)29-24(30)17-28(34(32,33)23-15-9-19(2)10-16-23)18-26(29,3)25(31)27-21-7-5-6-8-21/h9-16,21H,4-8,17-18H2,1-3H3,(H,27,31). The van der Waals surface area contributed by atoms with Crippen LogP contribution in [0.1, 0.15) is 50.7 Å². The molecule has 2 aromatic rings. The lowest BCUT2D eigenvalue weighted by atomic mass is 9.93. The van der Waals surface area contributed by atoms with Crippen molar-refractivity contribution in [3.63, 3.8) is 0 Å². The Labute approximate surface area is 202 Å². The van der Waals surface area contributed by atoms with E-state index in [0.29, 0.717) is 5.69 Å². The van der Waals surface area contributed by atoms with Crippen LogP contribution in [-0.4, -0.2) is 49.2 Å². The van der Waals surface area contributed by atoms with E-state index in [1.165, 1.54) is 4.90 Å². The molecule has 2 fully saturated rings. The molecule has 0 bridgehead atoms. The number of nitrogens with one attached hydrogen (secondary N) is 1. The number of hydrogen-bond donors (Lipinski definition) is 1. The summed E-state index contributed by atoms with van der Waals surface area (Å²) in [6, 6.07) is 14.1. The number of rotatable bonds is 6. The maximum Gasteiger partial charge on any atom is 0.247 e. The molecule has 34 heavy (non-hydrogen) atoms. The van der Waals surface area contributed by atoms with E-state index in [4.69, 9.17) is 0 Å². The maximum absolute atomic E-state index is 13.7. The monoisotopic (exact) mass is 483 g/mol. The van der Waals surface area contributed by atoms with Gasteiger partial charge in [-0.2, -0.15) is 4.31 Å². The smallest absolute Gasteiger partial charge is 0.247 e. The summed E-state index contributed by atoms with van der Waals surface area (Å²) < 4.78 is 28.0. The van der Waals surface area contributed by atoms with Crippen molar-refractivity contribution in [2.24, 2.45) is 0 Å². The van der Waals surface area contributed by atoms with Crippen molar-refractivity contribution in [1.82, 2.24) is 9.62 Å². The van der Waals surface area contributed by atoms with Crippen LogP contribution in [-0.2, 0) is 26.0 Å². The Morgan fingerprint density at radius 1 is 1.06 bits per heavy atom. The Morgan fingerprint density at radius 3 is 2.26 bits per heavy atom. The SMILES string of the molecule is CCc1ccc(N2C(=O)CN(S(=O)(=O)c3ccc(C)cc3)CC2(C)C(=O)NC2CCCC2)cc1. The van der Waals surface area contributed by atoms with E-state index >= 15 is 0 Å². The van der Waals surface area contributed by atoms with Crippen LogP contribution in [0.3, 0.4) is 0 Å². The molecule has 2 aromatic carbocycles. The van der Waals surface area contributed by atoms with Crippen LogP contribution in [0.25, 0.3) is 0 Å². The molecule has 4 rings (SSSR count). The second-order valence-corrected chi connectivity index (χ2v) is 11.5. The van der Waals surface area contributed by atoms with E-state index in [0.717, 1.165) is 47.5 Å². The molecule has 2 amide bonds. The fourth-order valence-corrected chi connectivity index (χ4v) is 6.37. The quantitative estimate of drug-likeness (QED) is 0.682. The number of sulfonamides is 1. The van der Waals surface area contributed by atoms with E-state index in [2.05, 4.69) is 5.32 Å². The molecule has 1 saturated heterocycles. The minimum atomic E-state index is -3.95. The minimum absolute atomic E-state index is 0.0489. The summed E-state index contributed by atoms with van der Waals surface area (Å²) in [5.74, 6) is -0.744. The van der Waals surface area contributed by atoms with Crippen LogP contribution < -0.4 is 10.2 Å². The minimum Gasteiger partial charge on any atom is -0.351 e. The average molecular weight is 484 g/mol. The van der Waals surface area contributed by atoms with E-state index in [-0.39, 0.29) is 29.9 Å². The van der Waals surface area contributed by atoms with Crippen LogP contribution in [0, 0.1) is 6.92 Å². The van der Waals surface area contributed by atoms with Crippen molar-refractivity contribution in [3.8, 4) is 0 Å². The highest BCUT2D eigenvalue weighted by Gasteiger charge is 2.51. The molecule has 1 aliphatic carbocycles. The van der Waals surface area contributed by atoms with Crippen molar-refractivity contribution in [2.45, 2.75) is 69.4 Å². The van der Waals surface area contributed by atoms with Gasteiger partial charge in [-0.05, 0) is 62.9 Å². The fraction of sp³-hybridized carbons (Fsp3) is 0.462. The molecule has 7 nitrogen and oxygen atoms in total. The van der Waals surface area contributed by atoms with Crippen LogP contribution in [0.2, 0.25) is 0 Å². The number of carbonyl (C=O) groups excluding carboxylic acids is 2. The van der Waals surface area contributed by atoms with Crippen molar-refractivity contribution in [1.29, 1.82) is 0 Å². The molecule has 8 heteroatoms. The molecule has 1 N–H and O–H groups in total. The third-order valence-corrected chi connectivity index (χ3v) is 8.79. The number of anilines is 1. The lowest BCUT2D eigenvalue weighted by Gasteiger charge is -2.47. The van der Waals surface area contributed by atoms with Crippen LogP contribution >= 0.6 is 0 Å². The molecule has 0 spiro atoms. The first-order chi connectivity index (χ1) is 16.1. The first kappa shape index (κ1) is 24.4. The van der Waals surface area contributed by atoms with Gasteiger partial charge in [0, 0.05) is 18.3 Å². The molecule has 182 valence electrons. The van der Waals surface area contributed by atoms with E-state index < -0.39 is 21.5 Å². The molecule has 1 saturated carbocycles. The summed E-state index contributed by atoms with van der Waals surface area (Å²) in [4.78, 5) is 28.7. The van der Waals surface area contributed by atoms with Gasteiger partial charge in [-0.1, -0.05) is 49.6 Å². The third kappa shape index (κ3) is 4.61. The molecule has 0 aromatic heterocycles. The Hall–Kier alpha value is -2.71. The molecule has 1 unspecified atom stereocenters. The second-order valence-electron chi connectivity index (χ2n) is 9.56. The summed E-state index contributed by atoms with van der Waals surface area (Å²) in [7, 11) is -3.95. The highest BCUT2D eigenvalue weighted by molar-refractivity contribution is 7.89. The molecule has 0 radical (unpaired) electrons. The van der Waals surface area contributed by atoms with Gasteiger partial charge < -0.3 is 5.32 Å². The van der Waals surface area contributed by atoms with Crippen LogP contribution in [0.4, 0.5) is 5.69 Å². The van der Waals surface area contributed by atoms with Gasteiger partial charge in [0.2, 0.25) is 21.8 Å². The van der Waals surface area contributed by atoms with E-state index in [9.17, 15) is 18.0 Å². The predicted molar refractivity (Wildman–Crippen MR) is 132 cm³/mol. The molecule has 2 aliphatic rings. The number of carbonyl (C=O) groups is 2. The predicted octanol–water partition coefficient (Wildman–Crippen LogP) is 3.41. The van der Waals surface area contributed by atoms with Crippen LogP contribution in [0.5, 0.6) is 0 Å². The zero-order chi connectivity index (χ0) is 24.5. The van der Waals surface area contributed by atoms with Gasteiger partial charge in [-0.25, -0.2) is 8.42 Å². The summed E-state index contributed by atoms with van der Waals surface area (Å²) in [6.45, 7) is 5.15. The number of benzene rings is 2. The summed E-state index contributed by atoms with van der Waals surface area (Å²) in [5, 5.41) is 3.10. The number of aryl methyl sites for hydroxylation is 2. The second kappa shape index (κ2) is 9.50. The summed E-state index contributed by atoms with van der Waals surface area (Å²) >= 11 is 0. The van der Waals surface area contributed by atoms with E-state index in [1.54, 1.807) is 31.2 Å². The van der Waals surface area contributed by atoms with Crippen LogP contribution in [0.15, 0.2) is 53.4 Å². The number of amides is 2. The third-order valence-electron chi connectivity index (χ3n) is 6.98. The first-order valence-electron chi connectivity index (χ1n) is 11.9. The zero-order valence-corrected chi connectivity index (χ0v) is 20.9. The van der Waals surface area contributed by atoms with Gasteiger partial charge in [0.1, 0.15) is 5.54 Å². The Kier molecular flexibility index (Phi) is 6.82. The van der Waals surface area contributed by atoms with Gasteiger partial charge in [-0.3, -0.25) is 14.5 Å². The summed E-state index contributed by atoms with van der Waals surface area (Å²) in [6.07, 6.45) is 4.75. The molecule has 1 aliphatic heterocycles. The number of hydrogen-bond acceptors (Lipinski definition) is 4. The van der Waals surface area contributed by atoms with Gasteiger partial charge in [0.15, 0.2) is 0 Å². The molecular formula is C26H33N3O4S. The normalized spacial score (nSPS) is 22.2. The lowest BCUT2D eigenvalue weighted by molar-refractivity contribution is -0.133. The van der Waals surface area contributed by atoms with Crippen molar-refractivity contribution in [3.05, 3.63) is 59.7 Å². The Balaban J connectivity index is 1.72. The van der Waals surface area contributed by atoms with Crippen molar-refractivity contribution >= 4 is 27.5 Å². The van der Waals surface area contributed by atoms with Gasteiger partial charge in [0.25, 0.3) is 0 Å². The van der Waals surface area contributed by atoms with Gasteiger partial charge in [0.05, 0.1) is 11.4 Å². The summed E-state index contributed by atoms with van der Waals surface area (Å²) in [5.41, 5.74) is 1.27. The van der Waals surface area contributed by atoms with Gasteiger partial charge in [-0.15, -0.1) is 0 Å². The lowest BCUT2D eigenvalue weighted by Crippen LogP contribution is -2.70. The van der Waals surface area contributed by atoms with Gasteiger partial charge >= 0.3 is 0 Å². The largest absolute Gasteiger partial charge is 0.351 e. The van der Waals surface area contributed by atoms with Crippen molar-refractivity contribution in [2.75, 3.05) is 18.0 Å². The molecule has 1 heterocycles. The number of nitrogens with zero attached hydrogens (tertiary/aromatic N) is 2. The Morgan fingerprint density at radius 2 is 1.68 bits per heavy atom. The maximum atomic E-state index is 13.7. The fourth-order valence-electron chi connectivity index (χ4n) is 4.89. The number of piperazine rings is 1. The Bertz CT molecular complexity index is 1160. The average Bonchev–Trinajstić information content (AvgIpc) is 3.32. The first-order valence-corrected chi connectivity index (χ1v) is 13.4. The van der Waals surface area contributed by atoms with E-state index in [1.807, 2.05) is 38.1 Å². The highest BCUT2D eigenvalue weighted by Crippen LogP contribution is 2.33. The molecular weight excluding hydrogens is 450 g/mol. The molecule has 1 atom stereocenters. The van der Waals surface area contributed by atoms with Crippen molar-refractivity contribution < 1.29 is 18.0 Å².